The van der Waals surface area contributed by atoms with Gasteiger partial charge in [-0.05, 0) is 85.4 Å². The second kappa shape index (κ2) is 14.8. The molecule has 6 atom stereocenters. The molecular formula is C34H57N5O6S. The van der Waals surface area contributed by atoms with Crippen molar-refractivity contribution in [3.63, 3.8) is 0 Å². The van der Waals surface area contributed by atoms with Crippen LogP contribution >= 0.6 is 0 Å². The van der Waals surface area contributed by atoms with Gasteiger partial charge in [-0.15, -0.1) is 0 Å². The van der Waals surface area contributed by atoms with Crippen molar-refractivity contribution in [1.82, 2.24) is 20.4 Å². The van der Waals surface area contributed by atoms with Crippen molar-refractivity contribution in [2.75, 3.05) is 40.0 Å². The molecule has 1 aromatic rings. The Balaban J connectivity index is 1.98. The minimum atomic E-state index is -4.01. The number of carbonyl (C=O) groups excluding carboxylic acids is 3. The topological polar surface area (TPSA) is 162 Å². The number of nitrogens with one attached hydrogen (secondary N) is 2. The van der Waals surface area contributed by atoms with Gasteiger partial charge < -0.3 is 26.4 Å². The number of aliphatic hydroxyl groups is 1. The summed E-state index contributed by atoms with van der Waals surface area (Å²) in [6.07, 6.45) is 5.13. The summed E-state index contributed by atoms with van der Waals surface area (Å²) in [5.74, 6) is -0.953. The molecule has 1 heterocycles. The molecule has 3 rings (SSSR count). The summed E-state index contributed by atoms with van der Waals surface area (Å²) in [5.41, 5.74) is 4.55. The number of likely N-dealkylation sites (N-methyl/N-ethyl adjacent to an activating group) is 1. The molecule has 1 aromatic carbocycles. The zero-order valence-corrected chi connectivity index (χ0v) is 29.8. The highest BCUT2D eigenvalue weighted by atomic mass is 32.2. The molecule has 5 N–H and O–H groups in total. The quantitative estimate of drug-likeness (QED) is 0.229. The lowest BCUT2D eigenvalue weighted by atomic mass is 9.72. The van der Waals surface area contributed by atoms with Gasteiger partial charge in [0.2, 0.25) is 11.8 Å². The number of aliphatic hydroxyl groups excluding tert-OH is 1. The van der Waals surface area contributed by atoms with Gasteiger partial charge >= 0.3 is 0 Å². The normalized spacial score (nSPS) is 23.9. The zero-order valence-electron chi connectivity index (χ0n) is 29.0. The number of β-amino-alcohol motifs (C(OH)–C–C–N with tert-alkyl or cyclic N) is 1. The molecule has 2 aliphatic rings. The SMILES string of the molecule is CN(C)CC(=O)[C@@](N)(C(=O)N[C@@H](Cc1ccccc1)[C@H](O)CN1C[C@H]2CCCC[C@H]2C[C@H]1C(=O)NC(C)(C)C)C(C)(C)S(C)(=O)=O. The molecule has 0 radical (unpaired) electrons. The third-order valence-corrected chi connectivity index (χ3v) is 12.1. The lowest BCUT2D eigenvalue weighted by molar-refractivity contribution is -0.139. The number of nitrogens with zero attached hydrogens (tertiary/aromatic N) is 2. The van der Waals surface area contributed by atoms with Gasteiger partial charge in [-0.25, -0.2) is 8.42 Å². The van der Waals surface area contributed by atoms with E-state index >= 15 is 0 Å². The van der Waals surface area contributed by atoms with Gasteiger partial charge in [-0.1, -0.05) is 49.6 Å². The highest BCUT2D eigenvalue weighted by molar-refractivity contribution is 7.92. The molecule has 0 aromatic heterocycles. The molecule has 1 aliphatic carbocycles. The van der Waals surface area contributed by atoms with Crippen molar-refractivity contribution in [3.8, 4) is 0 Å². The smallest absolute Gasteiger partial charge is 0.249 e. The van der Waals surface area contributed by atoms with Crippen LogP contribution in [0.15, 0.2) is 30.3 Å². The van der Waals surface area contributed by atoms with Gasteiger partial charge in [0.05, 0.1) is 24.7 Å². The Labute approximate surface area is 276 Å². The second-order valence-corrected chi connectivity index (χ2v) is 17.9. The summed E-state index contributed by atoms with van der Waals surface area (Å²) in [4.78, 5) is 44.9. The predicted molar refractivity (Wildman–Crippen MR) is 181 cm³/mol. The van der Waals surface area contributed by atoms with Crippen LogP contribution in [0.1, 0.15) is 72.3 Å². The molecule has 1 saturated carbocycles. The molecule has 2 amide bonds. The predicted octanol–water partition coefficient (Wildman–Crippen LogP) is 1.52. The van der Waals surface area contributed by atoms with Crippen LogP contribution in [0.4, 0.5) is 0 Å². The first-order chi connectivity index (χ1) is 21.2. The van der Waals surface area contributed by atoms with E-state index in [1.165, 1.54) is 18.7 Å². The first kappa shape index (κ1) is 38.1. The Morgan fingerprint density at radius 2 is 1.63 bits per heavy atom. The highest BCUT2D eigenvalue weighted by Crippen LogP contribution is 2.39. The number of benzene rings is 1. The van der Waals surface area contributed by atoms with Crippen LogP contribution in [-0.2, 0) is 30.6 Å². The number of ketones is 1. The van der Waals surface area contributed by atoms with E-state index in [1.807, 2.05) is 56.0 Å². The van der Waals surface area contributed by atoms with E-state index < -0.39 is 55.5 Å². The van der Waals surface area contributed by atoms with Crippen molar-refractivity contribution < 1.29 is 27.9 Å². The number of fused-ring (bicyclic) bond motifs is 1. The number of Topliss-reactive ketones (excluding diaryl/α,β-unsaturated/α-hetero) is 1. The Hall–Kier alpha value is -2.38. The number of sulfone groups is 1. The molecular weight excluding hydrogens is 606 g/mol. The van der Waals surface area contributed by atoms with Gasteiger partial charge in [-0.2, -0.15) is 0 Å². The van der Waals surface area contributed by atoms with Gasteiger partial charge in [0.15, 0.2) is 21.2 Å². The maximum Gasteiger partial charge on any atom is 0.249 e. The van der Waals surface area contributed by atoms with E-state index in [2.05, 4.69) is 10.6 Å². The van der Waals surface area contributed by atoms with Crippen LogP contribution in [0, 0.1) is 11.8 Å². The van der Waals surface area contributed by atoms with Gasteiger partial charge in [-0.3, -0.25) is 19.3 Å². The van der Waals surface area contributed by atoms with E-state index in [0.717, 1.165) is 37.5 Å². The maximum absolute atomic E-state index is 14.2. The fourth-order valence-electron chi connectivity index (χ4n) is 6.87. The number of piperidine rings is 1. The van der Waals surface area contributed by atoms with Gasteiger partial charge in [0.1, 0.15) is 4.75 Å². The first-order valence-electron chi connectivity index (χ1n) is 16.4. The average Bonchev–Trinajstić information content (AvgIpc) is 2.94. The Morgan fingerprint density at radius 1 is 1.04 bits per heavy atom. The zero-order chi connectivity index (χ0) is 34.7. The van der Waals surface area contributed by atoms with Crippen molar-refractivity contribution in [3.05, 3.63) is 35.9 Å². The van der Waals surface area contributed by atoms with Crippen LogP contribution in [0.5, 0.6) is 0 Å². The number of hydrogen-bond acceptors (Lipinski definition) is 9. The Bertz CT molecular complexity index is 1330. The molecule has 1 saturated heterocycles. The van der Waals surface area contributed by atoms with Crippen LogP contribution < -0.4 is 16.4 Å². The van der Waals surface area contributed by atoms with E-state index in [9.17, 15) is 27.9 Å². The average molecular weight is 664 g/mol. The Morgan fingerprint density at radius 3 is 2.17 bits per heavy atom. The van der Waals surface area contributed by atoms with Crippen LogP contribution in [-0.4, -0.2) is 115 Å². The number of amides is 2. The fraction of sp³-hybridized carbons (Fsp3) is 0.735. The second-order valence-electron chi connectivity index (χ2n) is 15.3. The third-order valence-electron chi connectivity index (χ3n) is 9.94. The number of likely N-dealkylation sites (tertiary alicyclic amines) is 1. The molecule has 1 aliphatic heterocycles. The minimum Gasteiger partial charge on any atom is -0.390 e. The Kier molecular flexibility index (Phi) is 12.3. The summed E-state index contributed by atoms with van der Waals surface area (Å²) < 4.78 is 24.0. The lowest BCUT2D eigenvalue weighted by Crippen LogP contribution is -2.75. The lowest BCUT2D eigenvalue weighted by Gasteiger charge is -2.47. The number of nitrogens with two attached hydrogens (primary N) is 1. The van der Waals surface area contributed by atoms with Crippen molar-refractivity contribution in [2.45, 2.75) is 107 Å². The standard InChI is InChI=1S/C34H57N5O6S/c1-32(2,3)37-30(42)27-19-24-16-12-13-17-25(24)20-39(27)21-28(40)26(18-23-14-10-9-11-15-23)36-31(43)34(35,29(41)22-38(6)7)33(4,5)46(8,44)45/h9-11,14-15,24-28,40H,12-13,16-22,35H2,1-8H3,(H,36,43)(H,37,42)/t24-,25+,26-,27-,28+,34+/m0/s1. The van der Waals surface area contributed by atoms with Crippen molar-refractivity contribution in [2.24, 2.45) is 17.6 Å². The van der Waals surface area contributed by atoms with Crippen LogP contribution in [0.25, 0.3) is 0 Å². The van der Waals surface area contributed by atoms with Crippen LogP contribution in [0.2, 0.25) is 0 Å². The summed E-state index contributed by atoms with van der Waals surface area (Å²) >= 11 is 0. The molecule has 260 valence electrons. The molecule has 0 bridgehead atoms. The maximum atomic E-state index is 14.2. The molecule has 11 nitrogen and oxygen atoms in total. The summed E-state index contributed by atoms with van der Waals surface area (Å²) in [7, 11) is -0.743. The third kappa shape index (κ3) is 8.94. The first-order valence-corrected chi connectivity index (χ1v) is 18.3. The van der Waals surface area contributed by atoms with E-state index in [0.29, 0.717) is 24.8 Å². The number of rotatable bonds is 13. The largest absolute Gasteiger partial charge is 0.390 e. The van der Waals surface area contributed by atoms with Gasteiger partial charge in [0.25, 0.3) is 0 Å². The number of hydrogen-bond donors (Lipinski definition) is 4. The highest BCUT2D eigenvalue weighted by Gasteiger charge is 2.59. The monoisotopic (exact) mass is 663 g/mol. The van der Waals surface area contributed by atoms with Crippen molar-refractivity contribution >= 4 is 27.4 Å². The van der Waals surface area contributed by atoms with Gasteiger partial charge in [0, 0.05) is 24.9 Å². The molecule has 2 fully saturated rings. The van der Waals surface area contributed by atoms with E-state index in [1.54, 1.807) is 14.1 Å². The summed E-state index contributed by atoms with van der Waals surface area (Å²) in [5, 5.41) is 17.8. The molecule has 12 heteroatoms. The van der Waals surface area contributed by atoms with Crippen LogP contribution in [0.3, 0.4) is 0 Å². The van der Waals surface area contributed by atoms with E-state index in [4.69, 9.17) is 5.73 Å². The minimum absolute atomic E-state index is 0.0856. The van der Waals surface area contributed by atoms with Crippen molar-refractivity contribution in [1.29, 1.82) is 0 Å². The van der Waals surface area contributed by atoms with E-state index in [-0.39, 0.29) is 25.4 Å². The molecule has 0 spiro atoms. The molecule has 0 unspecified atom stereocenters. The molecule has 46 heavy (non-hydrogen) atoms. The summed E-state index contributed by atoms with van der Waals surface area (Å²) in [6.45, 7) is 8.88. The summed E-state index contributed by atoms with van der Waals surface area (Å²) in [6, 6.07) is 7.92. The fourth-order valence-corrected chi connectivity index (χ4v) is 7.66. The number of carbonyl (C=O) groups is 3.